The van der Waals surface area contributed by atoms with Gasteiger partial charge in [0.2, 0.25) is 0 Å². The van der Waals surface area contributed by atoms with Crippen molar-refractivity contribution in [2.75, 3.05) is 0 Å². The van der Waals surface area contributed by atoms with Gasteiger partial charge in [0.25, 0.3) is 5.69 Å². The molecular formula is C11H17NO2. The Morgan fingerprint density at radius 1 is 1.00 bits per heavy atom. The van der Waals surface area contributed by atoms with Gasteiger partial charge in [-0.1, -0.05) is 13.8 Å². The van der Waals surface area contributed by atoms with Gasteiger partial charge < -0.3 is 0 Å². The van der Waals surface area contributed by atoms with Crippen LogP contribution in [0.25, 0.3) is 0 Å². The van der Waals surface area contributed by atoms with Crippen LogP contribution in [0, 0.1) is 30.9 Å². The first-order valence-corrected chi connectivity index (χ1v) is 4.74. The Balaban J connectivity index is 0.000000791. The van der Waals surface area contributed by atoms with Crippen molar-refractivity contribution in [2.45, 2.75) is 34.6 Å². The van der Waals surface area contributed by atoms with Gasteiger partial charge in [-0.2, -0.15) is 0 Å². The standard InChI is InChI=1S/C9H11NO2.C2H6/c1-6-4-8(3)9(10(11)12)5-7(6)2;1-2/h4-5H,1-3H3;1-2H3. The van der Waals surface area contributed by atoms with Gasteiger partial charge in [-0.15, -0.1) is 0 Å². The van der Waals surface area contributed by atoms with E-state index in [1.807, 2.05) is 33.8 Å². The van der Waals surface area contributed by atoms with E-state index in [4.69, 9.17) is 0 Å². The monoisotopic (exact) mass is 195 g/mol. The number of hydrogen-bond acceptors (Lipinski definition) is 2. The number of benzene rings is 1. The van der Waals surface area contributed by atoms with E-state index >= 15 is 0 Å². The minimum atomic E-state index is -0.345. The molecule has 0 aliphatic heterocycles. The smallest absolute Gasteiger partial charge is 0.258 e. The van der Waals surface area contributed by atoms with Crippen molar-refractivity contribution in [2.24, 2.45) is 0 Å². The van der Waals surface area contributed by atoms with Crippen LogP contribution in [0.5, 0.6) is 0 Å². The van der Waals surface area contributed by atoms with Gasteiger partial charge in [-0.3, -0.25) is 10.1 Å². The van der Waals surface area contributed by atoms with Crippen LogP contribution in [0.1, 0.15) is 30.5 Å². The predicted molar refractivity (Wildman–Crippen MR) is 58.7 cm³/mol. The van der Waals surface area contributed by atoms with Crippen LogP contribution in [0.3, 0.4) is 0 Å². The summed E-state index contributed by atoms with van der Waals surface area (Å²) in [4.78, 5) is 10.1. The van der Waals surface area contributed by atoms with Crippen molar-refractivity contribution in [1.29, 1.82) is 0 Å². The second-order valence-corrected chi connectivity index (χ2v) is 2.98. The number of rotatable bonds is 1. The lowest BCUT2D eigenvalue weighted by Crippen LogP contribution is -1.93. The third kappa shape index (κ3) is 2.83. The first-order valence-electron chi connectivity index (χ1n) is 4.74. The maximum Gasteiger partial charge on any atom is 0.272 e. The van der Waals surface area contributed by atoms with Crippen molar-refractivity contribution in [3.8, 4) is 0 Å². The van der Waals surface area contributed by atoms with Crippen LogP contribution in [-0.2, 0) is 0 Å². The summed E-state index contributed by atoms with van der Waals surface area (Å²) < 4.78 is 0. The highest BCUT2D eigenvalue weighted by atomic mass is 16.6. The Bertz CT molecular complexity index is 332. The second kappa shape index (κ2) is 5.37. The summed E-state index contributed by atoms with van der Waals surface area (Å²) in [6.07, 6.45) is 0. The molecule has 0 unspecified atom stereocenters. The van der Waals surface area contributed by atoms with Crippen LogP contribution in [0.2, 0.25) is 0 Å². The first-order chi connectivity index (χ1) is 6.52. The molecule has 0 radical (unpaired) electrons. The van der Waals surface area contributed by atoms with Crippen LogP contribution in [0.4, 0.5) is 5.69 Å². The molecule has 0 aromatic heterocycles. The number of aryl methyl sites for hydroxylation is 3. The zero-order valence-corrected chi connectivity index (χ0v) is 9.42. The Kier molecular flexibility index (Phi) is 4.84. The first kappa shape index (κ1) is 12.6. The molecule has 1 aromatic carbocycles. The minimum Gasteiger partial charge on any atom is -0.258 e. The summed E-state index contributed by atoms with van der Waals surface area (Å²) in [5.74, 6) is 0. The molecule has 0 aliphatic carbocycles. The highest BCUT2D eigenvalue weighted by Crippen LogP contribution is 2.21. The molecule has 0 heterocycles. The summed E-state index contributed by atoms with van der Waals surface area (Å²) in [5, 5.41) is 10.5. The summed E-state index contributed by atoms with van der Waals surface area (Å²) in [7, 11) is 0. The average Bonchev–Trinajstić information content (AvgIpc) is 2.14. The van der Waals surface area contributed by atoms with Gasteiger partial charge in [0.15, 0.2) is 0 Å². The third-order valence-corrected chi connectivity index (χ3v) is 2.01. The highest BCUT2D eigenvalue weighted by Gasteiger charge is 2.10. The van der Waals surface area contributed by atoms with Gasteiger partial charge in [0.1, 0.15) is 0 Å². The predicted octanol–water partition coefficient (Wildman–Crippen LogP) is 3.55. The van der Waals surface area contributed by atoms with Crippen LogP contribution < -0.4 is 0 Å². The fourth-order valence-electron chi connectivity index (χ4n) is 1.14. The normalized spacial score (nSPS) is 8.93. The Labute approximate surface area is 84.9 Å². The fraction of sp³-hybridized carbons (Fsp3) is 0.455. The molecule has 0 atom stereocenters. The zero-order chi connectivity index (χ0) is 11.3. The highest BCUT2D eigenvalue weighted by molar-refractivity contribution is 5.45. The molecule has 0 saturated carbocycles. The number of nitro benzene ring substituents is 1. The Morgan fingerprint density at radius 3 is 1.86 bits per heavy atom. The van der Waals surface area contributed by atoms with Crippen molar-refractivity contribution in [3.63, 3.8) is 0 Å². The molecule has 0 amide bonds. The molecule has 0 N–H and O–H groups in total. The maximum atomic E-state index is 10.5. The lowest BCUT2D eigenvalue weighted by molar-refractivity contribution is -0.385. The summed E-state index contributed by atoms with van der Waals surface area (Å²) in [6, 6.07) is 3.46. The molecule has 14 heavy (non-hydrogen) atoms. The van der Waals surface area contributed by atoms with E-state index in [-0.39, 0.29) is 10.6 Å². The van der Waals surface area contributed by atoms with E-state index in [1.54, 1.807) is 13.0 Å². The lowest BCUT2D eigenvalue weighted by atomic mass is 10.1. The summed E-state index contributed by atoms with van der Waals surface area (Å²) in [5.41, 5.74) is 2.99. The number of hydrogen-bond donors (Lipinski definition) is 0. The van der Waals surface area contributed by atoms with Crippen molar-refractivity contribution in [1.82, 2.24) is 0 Å². The van der Waals surface area contributed by atoms with E-state index < -0.39 is 0 Å². The van der Waals surface area contributed by atoms with Crippen LogP contribution in [0.15, 0.2) is 12.1 Å². The fourth-order valence-corrected chi connectivity index (χ4v) is 1.14. The van der Waals surface area contributed by atoms with E-state index in [2.05, 4.69) is 0 Å². The molecule has 78 valence electrons. The van der Waals surface area contributed by atoms with Crippen molar-refractivity contribution < 1.29 is 4.92 Å². The van der Waals surface area contributed by atoms with Crippen molar-refractivity contribution in [3.05, 3.63) is 38.9 Å². The van der Waals surface area contributed by atoms with E-state index in [0.29, 0.717) is 0 Å². The Morgan fingerprint density at radius 2 is 1.43 bits per heavy atom. The van der Waals surface area contributed by atoms with Gasteiger partial charge in [0.05, 0.1) is 4.92 Å². The number of nitrogens with zero attached hydrogens (tertiary/aromatic N) is 1. The molecule has 0 saturated heterocycles. The molecule has 0 bridgehead atoms. The summed E-state index contributed by atoms with van der Waals surface area (Å²) in [6.45, 7) is 9.58. The summed E-state index contributed by atoms with van der Waals surface area (Å²) >= 11 is 0. The van der Waals surface area contributed by atoms with Gasteiger partial charge in [0, 0.05) is 11.6 Å². The minimum absolute atomic E-state index is 0.207. The number of nitro groups is 1. The molecule has 1 rings (SSSR count). The molecule has 3 nitrogen and oxygen atoms in total. The van der Waals surface area contributed by atoms with Gasteiger partial charge in [-0.25, -0.2) is 0 Å². The van der Waals surface area contributed by atoms with Crippen LogP contribution >= 0.6 is 0 Å². The van der Waals surface area contributed by atoms with Crippen molar-refractivity contribution >= 4 is 5.69 Å². The van der Waals surface area contributed by atoms with E-state index in [9.17, 15) is 10.1 Å². The molecule has 1 aromatic rings. The lowest BCUT2D eigenvalue weighted by Gasteiger charge is -2.01. The van der Waals surface area contributed by atoms with Gasteiger partial charge >= 0.3 is 0 Å². The molecular weight excluding hydrogens is 178 g/mol. The maximum absolute atomic E-state index is 10.5. The SMILES string of the molecule is CC.Cc1cc(C)c([N+](=O)[O-])cc1C. The topological polar surface area (TPSA) is 43.1 Å². The zero-order valence-electron chi connectivity index (χ0n) is 9.42. The average molecular weight is 195 g/mol. The van der Waals surface area contributed by atoms with E-state index in [1.165, 1.54) is 0 Å². The quantitative estimate of drug-likeness (QED) is 0.508. The second-order valence-electron chi connectivity index (χ2n) is 2.98. The largest absolute Gasteiger partial charge is 0.272 e. The molecule has 0 fully saturated rings. The van der Waals surface area contributed by atoms with Crippen LogP contribution in [-0.4, -0.2) is 4.92 Å². The molecule has 0 aliphatic rings. The Hall–Kier alpha value is -1.38. The molecule has 3 heteroatoms. The third-order valence-electron chi connectivity index (χ3n) is 2.01. The molecule has 0 spiro atoms. The van der Waals surface area contributed by atoms with E-state index in [0.717, 1.165) is 16.7 Å². The van der Waals surface area contributed by atoms with Gasteiger partial charge in [-0.05, 0) is 38.0 Å².